The summed E-state index contributed by atoms with van der Waals surface area (Å²) in [5.74, 6) is -0.315. The smallest absolute Gasteiger partial charge is 0.248 e. The molecule has 7 nitrogen and oxygen atoms in total. The average molecular weight is 508 g/mol. The fourth-order valence-corrected chi connectivity index (χ4v) is 6.41. The second-order valence-corrected chi connectivity index (χ2v) is 11.5. The average Bonchev–Trinajstić information content (AvgIpc) is 3.24. The molecule has 1 aromatic heterocycles. The number of sulfonamides is 1. The summed E-state index contributed by atoms with van der Waals surface area (Å²) in [4.78, 5) is 15.0. The van der Waals surface area contributed by atoms with E-state index in [1.54, 1.807) is 24.9 Å². The Hall–Kier alpha value is -3.23. The Morgan fingerprint density at radius 1 is 1.08 bits per heavy atom. The second-order valence-electron chi connectivity index (χ2n) is 9.59. The zero-order valence-corrected chi connectivity index (χ0v) is 22.3. The highest BCUT2D eigenvalue weighted by Gasteiger charge is 2.37. The number of benzene rings is 2. The molecule has 1 atom stereocenters. The Morgan fingerprint density at radius 3 is 2.58 bits per heavy atom. The predicted molar refractivity (Wildman–Crippen MR) is 142 cm³/mol. The van der Waals surface area contributed by atoms with E-state index in [-0.39, 0.29) is 23.1 Å². The molecule has 1 unspecified atom stereocenters. The minimum atomic E-state index is -3.91. The molecule has 0 spiro atoms. The highest BCUT2D eigenvalue weighted by atomic mass is 32.2. The number of nitrogens with zero attached hydrogens (tertiary/aromatic N) is 3. The van der Waals surface area contributed by atoms with Crippen LogP contribution in [-0.2, 0) is 14.8 Å². The molecule has 1 fully saturated rings. The maximum atomic E-state index is 13.7. The molecule has 0 bridgehead atoms. The van der Waals surface area contributed by atoms with Crippen LogP contribution in [0.5, 0.6) is 0 Å². The fourth-order valence-electron chi connectivity index (χ4n) is 4.63. The molecule has 36 heavy (non-hydrogen) atoms. The van der Waals surface area contributed by atoms with Crippen molar-refractivity contribution >= 4 is 33.8 Å². The molecule has 3 aromatic rings. The number of aromatic nitrogens is 1. The van der Waals surface area contributed by atoms with Crippen LogP contribution < -0.4 is 4.90 Å². The number of anilines is 1. The first-order valence-electron chi connectivity index (χ1n) is 12.1. The summed E-state index contributed by atoms with van der Waals surface area (Å²) < 4.78 is 34.3. The predicted octanol–water partition coefficient (Wildman–Crippen LogP) is 5.14. The molecule has 1 aliphatic rings. The van der Waals surface area contributed by atoms with Gasteiger partial charge < -0.3 is 9.42 Å². The Morgan fingerprint density at radius 2 is 1.83 bits per heavy atom. The second kappa shape index (κ2) is 10.4. The first kappa shape index (κ1) is 25.9. The topological polar surface area (TPSA) is 83.7 Å². The van der Waals surface area contributed by atoms with Crippen LogP contribution in [0.3, 0.4) is 0 Å². The zero-order valence-electron chi connectivity index (χ0n) is 21.5. The number of hydrogen-bond donors (Lipinski definition) is 0. The van der Waals surface area contributed by atoms with Crippen molar-refractivity contribution in [1.82, 2.24) is 9.46 Å². The quantitative estimate of drug-likeness (QED) is 0.461. The molecule has 8 heteroatoms. The lowest BCUT2D eigenvalue weighted by Gasteiger charge is -2.33. The van der Waals surface area contributed by atoms with Gasteiger partial charge in [-0.25, -0.2) is 8.42 Å². The monoisotopic (exact) mass is 507 g/mol. The fraction of sp³-hybridized carbons (Fsp3) is 0.357. The normalized spacial score (nSPS) is 17.0. The maximum absolute atomic E-state index is 13.7. The molecule has 0 aliphatic carbocycles. The number of rotatable bonds is 6. The standard InChI is InChI=1S/C28H33N3O4S/c1-19-8-6-10-25(17-19)30(5)28(32)24-9-7-15-31(18-24)36(33,34)27-22(4)29-35-26(27)14-13-23-16-20(2)11-12-21(23)3/h6,8,10-14,16-17,24H,7,9,15,18H2,1-5H3/b14-13+. The van der Waals surface area contributed by atoms with Crippen molar-refractivity contribution in [1.29, 1.82) is 0 Å². The molecular formula is C28H33N3O4S. The van der Waals surface area contributed by atoms with Crippen LogP contribution in [-0.4, -0.2) is 43.9 Å². The molecular weight excluding hydrogens is 474 g/mol. The van der Waals surface area contributed by atoms with Gasteiger partial charge in [0.2, 0.25) is 15.9 Å². The maximum Gasteiger partial charge on any atom is 0.248 e. The molecule has 190 valence electrons. The number of hydrogen-bond acceptors (Lipinski definition) is 5. The molecule has 2 heterocycles. The highest BCUT2D eigenvalue weighted by molar-refractivity contribution is 7.89. The van der Waals surface area contributed by atoms with Gasteiger partial charge in [-0.15, -0.1) is 0 Å². The first-order valence-corrected chi connectivity index (χ1v) is 13.6. The largest absolute Gasteiger partial charge is 0.355 e. The van der Waals surface area contributed by atoms with E-state index in [2.05, 4.69) is 5.16 Å². The Balaban J connectivity index is 1.58. The van der Waals surface area contributed by atoms with Crippen LogP contribution in [0.15, 0.2) is 51.9 Å². The molecule has 0 saturated carbocycles. The van der Waals surface area contributed by atoms with Gasteiger partial charge >= 0.3 is 0 Å². The van der Waals surface area contributed by atoms with E-state index in [4.69, 9.17) is 4.52 Å². The van der Waals surface area contributed by atoms with Crippen LogP contribution in [0.25, 0.3) is 12.2 Å². The number of piperidine rings is 1. The van der Waals surface area contributed by atoms with Crippen molar-refractivity contribution in [2.24, 2.45) is 5.92 Å². The lowest BCUT2D eigenvalue weighted by molar-refractivity contribution is -0.123. The van der Waals surface area contributed by atoms with E-state index in [0.29, 0.717) is 25.1 Å². The first-order chi connectivity index (χ1) is 17.1. The molecule has 0 radical (unpaired) electrons. The van der Waals surface area contributed by atoms with Gasteiger partial charge in [-0.05, 0) is 75.4 Å². The third-order valence-corrected chi connectivity index (χ3v) is 8.76. The van der Waals surface area contributed by atoms with Gasteiger partial charge in [0.15, 0.2) is 10.7 Å². The minimum Gasteiger partial charge on any atom is -0.355 e. The van der Waals surface area contributed by atoms with Crippen molar-refractivity contribution in [3.63, 3.8) is 0 Å². The third kappa shape index (κ3) is 5.29. The molecule has 4 rings (SSSR count). The van der Waals surface area contributed by atoms with E-state index in [9.17, 15) is 13.2 Å². The minimum absolute atomic E-state index is 0.0594. The van der Waals surface area contributed by atoms with Crippen molar-refractivity contribution in [2.75, 3.05) is 25.0 Å². The van der Waals surface area contributed by atoms with Crippen molar-refractivity contribution < 1.29 is 17.7 Å². The lowest BCUT2D eigenvalue weighted by atomic mass is 9.98. The van der Waals surface area contributed by atoms with E-state index >= 15 is 0 Å². The lowest BCUT2D eigenvalue weighted by Crippen LogP contribution is -2.46. The van der Waals surface area contributed by atoms with Gasteiger partial charge in [0.05, 0.1) is 5.92 Å². The van der Waals surface area contributed by atoms with E-state index < -0.39 is 15.9 Å². The van der Waals surface area contributed by atoms with Crippen LogP contribution in [0.1, 0.15) is 46.5 Å². The number of amides is 1. The summed E-state index contributed by atoms with van der Waals surface area (Å²) in [5, 5.41) is 3.95. The highest BCUT2D eigenvalue weighted by Crippen LogP contribution is 2.30. The van der Waals surface area contributed by atoms with Gasteiger partial charge in [0.25, 0.3) is 0 Å². The van der Waals surface area contributed by atoms with Gasteiger partial charge in [0, 0.05) is 25.8 Å². The van der Waals surface area contributed by atoms with E-state index in [1.807, 2.05) is 69.3 Å². The zero-order chi connectivity index (χ0) is 26.0. The van der Waals surface area contributed by atoms with Crippen molar-refractivity contribution in [2.45, 2.75) is 45.4 Å². The number of carbonyl (C=O) groups excluding carboxylic acids is 1. The van der Waals surface area contributed by atoms with Crippen molar-refractivity contribution in [3.8, 4) is 0 Å². The summed E-state index contributed by atoms with van der Waals surface area (Å²) in [5.41, 5.74) is 5.34. The van der Waals surface area contributed by atoms with Crippen LogP contribution in [0, 0.1) is 33.6 Å². The number of carbonyl (C=O) groups is 1. The van der Waals surface area contributed by atoms with E-state index in [0.717, 1.165) is 27.9 Å². The molecule has 1 amide bonds. The van der Waals surface area contributed by atoms with Gasteiger partial charge in [-0.2, -0.15) is 4.31 Å². The molecule has 1 saturated heterocycles. The summed E-state index contributed by atoms with van der Waals surface area (Å²) in [6, 6.07) is 13.8. The molecule has 2 aromatic carbocycles. The Kier molecular flexibility index (Phi) is 7.47. The van der Waals surface area contributed by atoms with Gasteiger partial charge in [-0.3, -0.25) is 4.79 Å². The number of aryl methyl sites for hydroxylation is 4. The van der Waals surface area contributed by atoms with Crippen LogP contribution in [0.2, 0.25) is 0 Å². The summed E-state index contributed by atoms with van der Waals surface area (Å²) >= 11 is 0. The van der Waals surface area contributed by atoms with Crippen molar-refractivity contribution in [3.05, 3.63) is 76.2 Å². The Labute approximate surface area is 213 Å². The van der Waals surface area contributed by atoms with Crippen LogP contribution >= 0.6 is 0 Å². The SMILES string of the molecule is Cc1cccc(N(C)C(=O)C2CCCN(S(=O)(=O)c3c(C)noc3/C=C/c3cc(C)ccc3C)C2)c1. The summed E-state index contributed by atoms with van der Waals surface area (Å²) in [6.45, 7) is 8.10. The van der Waals surface area contributed by atoms with Crippen LogP contribution in [0.4, 0.5) is 5.69 Å². The summed E-state index contributed by atoms with van der Waals surface area (Å²) in [7, 11) is -2.17. The molecule has 0 N–H and O–H groups in total. The molecule has 1 aliphatic heterocycles. The van der Waals surface area contributed by atoms with Gasteiger partial charge in [0.1, 0.15) is 5.69 Å². The summed E-state index contributed by atoms with van der Waals surface area (Å²) in [6.07, 6.45) is 4.76. The third-order valence-electron chi connectivity index (χ3n) is 6.73. The Bertz CT molecular complexity index is 1410. The van der Waals surface area contributed by atoms with E-state index in [1.165, 1.54) is 4.31 Å². The van der Waals surface area contributed by atoms with Gasteiger partial charge in [-0.1, -0.05) is 47.1 Å².